The van der Waals surface area contributed by atoms with E-state index in [0.29, 0.717) is 47.9 Å². The number of carbonyl (C=O) groups is 1. The first kappa shape index (κ1) is 25.0. The van der Waals surface area contributed by atoms with Crippen molar-refractivity contribution in [1.29, 1.82) is 0 Å². The zero-order chi connectivity index (χ0) is 25.6. The molecule has 0 saturated carbocycles. The Kier molecular flexibility index (Phi) is 7.82. The first-order chi connectivity index (χ1) is 18.1. The van der Waals surface area contributed by atoms with Gasteiger partial charge in [0.05, 0.1) is 29.9 Å². The van der Waals surface area contributed by atoms with Gasteiger partial charge in [-0.2, -0.15) is 0 Å². The number of aryl methyl sites for hydroxylation is 1. The summed E-state index contributed by atoms with van der Waals surface area (Å²) in [7, 11) is 0. The van der Waals surface area contributed by atoms with Crippen molar-refractivity contribution in [2.45, 2.75) is 18.1 Å². The molecule has 1 saturated heterocycles. The zero-order valence-corrected chi connectivity index (χ0v) is 21.0. The van der Waals surface area contributed by atoms with Crippen LogP contribution in [-0.2, 0) is 22.5 Å². The van der Waals surface area contributed by atoms with Gasteiger partial charge in [-0.3, -0.25) is 14.2 Å². The molecular formula is C28H27FN4O3S. The third-order valence-electron chi connectivity index (χ3n) is 6.21. The second kappa shape index (κ2) is 11.6. The summed E-state index contributed by atoms with van der Waals surface area (Å²) in [6.45, 7) is 3.31. The van der Waals surface area contributed by atoms with Crippen molar-refractivity contribution in [3.8, 4) is 0 Å². The number of benzene rings is 3. The van der Waals surface area contributed by atoms with Gasteiger partial charge in [0.15, 0.2) is 5.16 Å². The summed E-state index contributed by atoms with van der Waals surface area (Å²) in [6.07, 6.45) is 0.659. The van der Waals surface area contributed by atoms with Crippen molar-refractivity contribution >= 4 is 39.9 Å². The van der Waals surface area contributed by atoms with Gasteiger partial charge >= 0.3 is 0 Å². The lowest BCUT2D eigenvalue weighted by Gasteiger charge is -2.29. The largest absolute Gasteiger partial charge is 0.378 e. The number of hydrogen-bond acceptors (Lipinski definition) is 6. The molecule has 4 aromatic rings. The average molecular weight is 519 g/mol. The third-order valence-corrected chi connectivity index (χ3v) is 7.18. The monoisotopic (exact) mass is 518 g/mol. The number of morpholine rings is 1. The van der Waals surface area contributed by atoms with Crippen LogP contribution in [0, 0.1) is 5.82 Å². The molecule has 2 heterocycles. The van der Waals surface area contributed by atoms with Crippen LogP contribution in [0.2, 0.25) is 0 Å². The maximum Gasteiger partial charge on any atom is 0.262 e. The summed E-state index contributed by atoms with van der Waals surface area (Å²) in [4.78, 5) is 33.3. The van der Waals surface area contributed by atoms with E-state index in [1.165, 1.54) is 36.0 Å². The van der Waals surface area contributed by atoms with Crippen LogP contribution < -0.4 is 15.8 Å². The minimum atomic E-state index is -0.369. The van der Waals surface area contributed by atoms with E-state index in [-0.39, 0.29) is 23.0 Å². The first-order valence-electron chi connectivity index (χ1n) is 12.2. The Morgan fingerprint density at radius 1 is 1.03 bits per heavy atom. The van der Waals surface area contributed by atoms with E-state index in [1.807, 2.05) is 48.5 Å². The number of aromatic nitrogens is 2. The maximum atomic E-state index is 13.7. The molecule has 5 rings (SSSR count). The van der Waals surface area contributed by atoms with Crippen LogP contribution in [0.5, 0.6) is 0 Å². The Morgan fingerprint density at radius 3 is 2.54 bits per heavy atom. The number of thioether (sulfide) groups is 1. The molecule has 1 amide bonds. The van der Waals surface area contributed by atoms with E-state index in [2.05, 4.69) is 10.2 Å². The summed E-state index contributed by atoms with van der Waals surface area (Å²) in [6, 6.07) is 21.3. The molecule has 9 heteroatoms. The van der Waals surface area contributed by atoms with Crippen LogP contribution in [0.3, 0.4) is 0 Å². The Bertz CT molecular complexity index is 1440. The average Bonchev–Trinajstić information content (AvgIpc) is 2.93. The molecule has 0 aliphatic carbocycles. The van der Waals surface area contributed by atoms with E-state index >= 15 is 0 Å². The summed E-state index contributed by atoms with van der Waals surface area (Å²) in [5.41, 5.74) is 3.07. The third kappa shape index (κ3) is 6.18. The molecular weight excluding hydrogens is 491 g/mol. The second-order valence-corrected chi connectivity index (χ2v) is 9.67. The number of anilines is 2. The van der Waals surface area contributed by atoms with Gasteiger partial charge < -0.3 is 15.0 Å². The number of rotatable bonds is 8. The van der Waals surface area contributed by atoms with E-state index in [0.717, 1.165) is 24.3 Å². The van der Waals surface area contributed by atoms with Gasteiger partial charge in [0.1, 0.15) is 5.82 Å². The molecule has 7 nitrogen and oxygen atoms in total. The van der Waals surface area contributed by atoms with Gasteiger partial charge in [0.25, 0.3) is 5.56 Å². The van der Waals surface area contributed by atoms with Crippen LogP contribution in [0.15, 0.2) is 82.7 Å². The predicted molar refractivity (Wildman–Crippen MR) is 145 cm³/mol. The van der Waals surface area contributed by atoms with Gasteiger partial charge in [0.2, 0.25) is 5.91 Å². The van der Waals surface area contributed by atoms with Gasteiger partial charge in [0, 0.05) is 31.0 Å². The highest BCUT2D eigenvalue weighted by Crippen LogP contribution is 2.24. The van der Waals surface area contributed by atoms with Gasteiger partial charge in [-0.05, 0) is 54.4 Å². The molecule has 0 radical (unpaired) electrons. The predicted octanol–water partition coefficient (Wildman–Crippen LogP) is 4.35. The molecule has 3 aromatic carbocycles. The maximum absolute atomic E-state index is 13.7. The Morgan fingerprint density at radius 2 is 1.78 bits per heavy atom. The van der Waals surface area contributed by atoms with Gasteiger partial charge in [-0.25, -0.2) is 9.37 Å². The van der Waals surface area contributed by atoms with Crippen molar-refractivity contribution in [2.24, 2.45) is 0 Å². The molecule has 37 heavy (non-hydrogen) atoms. The highest BCUT2D eigenvalue weighted by atomic mass is 32.2. The minimum absolute atomic E-state index is 0.0620. The van der Waals surface area contributed by atoms with Crippen molar-refractivity contribution in [2.75, 3.05) is 42.3 Å². The lowest BCUT2D eigenvalue weighted by molar-refractivity contribution is -0.113. The van der Waals surface area contributed by atoms with E-state index in [1.54, 1.807) is 4.57 Å². The van der Waals surface area contributed by atoms with Gasteiger partial charge in [-0.15, -0.1) is 0 Å². The Labute approximate surface area is 218 Å². The van der Waals surface area contributed by atoms with Gasteiger partial charge in [-0.1, -0.05) is 42.1 Å². The number of nitrogens with zero attached hydrogens (tertiary/aromatic N) is 3. The van der Waals surface area contributed by atoms with Crippen LogP contribution in [0.25, 0.3) is 10.9 Å². The first-order valence-corrected chi connectivity index (χ1v) is 13.1. The fourth-order valence-corrected chi connectivity index (χ4v) is 5.09. The molecule has 0 atom stereocenters. The van der Waals surface area contributed by atoms with E-state index in [4.69, 9.17) is 9.72 Å². The van der Waals surface area contributed by atoms with E-state index in [9.17, 15) is 14.0 Å². The molecule has 1 aliphatic rings. The van der Waals surface area contributed by atoms with Crippen LogP contribution in [-0.4, -0.2) is 47.5 Å². The fourth-order valence-electron chi connectivity index (χ4n) is 4.26. The van der Waals surface area contributed by atoms with Crippen LogP contribution in [0.4, 0.5) is 15.8 Å². The summed E-state index contributed by atoms with van der Waals surface area (Å²) < 4.78 is 20.3. The number of halogens is 1. The minimum Gasteiger partial charge on any atom is -0.378 e. The Hall–Kier alpha value is -3.69. The number of carbonyl (C=O) groups excluding carboxylic acids is 1. The second-order valence-electron chi connectivity index (χ2n) is 8.73. The summed E-state index contributed by atoms with van der Waals surface area (Å²) in [5, 5.41) is 3.80. The lowest BCUT2D eigenvalue weighted by Crippen LogP contribution is -2.36. The van der Waals surface area contributed by atoms with Crippen LogP contribution in [0.1, 0.15) is 5.56 Å². The highest BCUT2D eigenvalue weighted by molar-refractivity contribution is 7.99. The molecule has 190 valence electrons. The van der Waals surface area contributed by atoms with Crippen molar-refractivity contribution in [3.05, 3.63) is 94.5 Å². The van der Waals surface area contributed by atoms with E-state index < -0.39 is 0 Å². The number of nitrogens with one attached hydrogen (secondary N) is 1. The van der Waals surface area contributed by atoms with Crippen molar-refractivity contribution < 1.29 is 13.9 Å². The fraction of sp³-hybridized carbons (Fsp3) is 0.250. The number of fused-ring (bicyclic) bond motifs is 1. The SMILES string of the molecule is O=C(CSc1nc2ccc(N3CCOCC3)cc2c(=O)n1CCc1ccccc1)Nc1ccc(F)cc1. The molecule has 1 N–H and O–H groups in total. The molecule has 1 aromatic heterocycles. The smallest absolute Gasteiger partial charge is 0.262 e. The number of ether oxygens (including phenoxy) is 1. The molecule has 1 fully saturated rings. The standard InChI is InChI=1S/C28H27FN4O3S/c29-21-6-8-22(9-7-21)30-26(34)19-37-28-31-25-11-10-23(32-14-16-36-17-15-32)18-24(25)27(35)33(28)13-12-20-4-2-1-3-5-20/h1-11,18H,12-17,19H2,(H,30,34). The highest BCUT2D eigenvalue weighted by Gasteiger charge is 2.17. The normalized spacial score (nSPS) is 13.6. The van der Waals surface area contributed by atoms with Crippen molar-refractivity contribution in [3.63, 3.8) is 0 Å². The zero-order valence-electron chi connectivity index (χ0n) is 20.2. The molecule has 0 unspecified atom stereocenters. The lowest BCUT2D eigenvalue weighted by atomic mass is 10.1. The molecule has 1 aliphatic heterocycles. The number of amides is 1. The number of hydrogen-bond donors (Lipinski definition) is 1. The molecule has 0 spiro atoms. The Balaban J connectivity index is 1.42. The summed E-state index contributed by atoms with van der Waals surface area (Å²) >= 11 is 1.21. The summed E-state index contributed by atoms with van der Waals surface area (Å²) in [5.74, 6) is -0.567. The topological polar surface area (TPSA) is 76.5 Å². The molecule has 0 bridgehead atoms. The van der Waals surface area contributed by atoms with Crippen molar-refractivity contribution in [1.82, 2.24) is 9.55 Å². The van der Waals surface area contributed by atoms with Crippen LogP contribution >= 0.6 is 11.8 Å². The quantitative estimate of drug-likeness (QED) is 0.276.